The molecule has 7 nitrogen and oxygen atoms in total. The molecule has 3 rings (SSSR count). The summed E-state index contributed by atoms with van der Waals surface area (Å²) >= 11 is 0. The van der Waals surface area contributed by atoms with E-state index in [9.17, 15) is 14.4 Å². The largest absolute Gasteiger partial charge is 0.444 e. The summed E-state index contributed by atoms with van der Waals surface area (Å²) in [6.07, 6.45) is 4.28. The summed E-state index contributed by atoms with van der Waals surface area (Å²) < 4.78 is 5.49. The molecule has 0 saturated carbocycles. The third-order valence-electron chi connectivity index (χ3n) is 5.38. The van der Waals surface area contributed by atoms with Crippen LogP contribution in [-0.4, -0.2) is 41.5 Å². The van der Waals surface area contributed by atoms with Crippen molar-refractivity contribution in [3.63, 3.8) is 0 Å². The second-order valence-electron chi connectivity index (χ2n) is 9.21. The number of rotatable bonds is 7. The first-order valence-electron chi connectivity index (χ1n) is 11.6. The van der Waals surface area contributed by atoms with Crippen molar-refractivity contribution in [2.24, 2.45) is 0 Å². The van der Waals surface area contributed by atoms with Crippen LogP contribution in [0.5, 0.6) is 0 Å². The van der Waals surface area contributed by atoms with Gasteiger partial charge in [0.2, 0.25) is 11.8 Å². The van der Waals surface area contributed by atoms with Crippen LogP contribution in [0, 0.1) is 0 Å². The molecule has 1 saturated heterocycles. The molecule has 0 aliphatic carbocycles. The average Bonchev–Trinajstić information content (AvgIpc) is 3.22. The summed E-state index contributed by atoms with van der Waals surface area (Å²) in [5.41, 5.74) is 2.62. The van der Waals surface area contributed by atoms with E-state index in [0.717, 1.165) is 29.8 Å². The number of nitrogens with one attached hydrogen (secondary N) is 1. The van der Waals surface area contributed by atoms with Crippen LogP contribution in [0.3, 0.4) is 0 Å². The molecule has 1 aliphatic rings. The molecule has 180 valence electrons. The summed E-state index contributed by atoms with van der Waals surface area (Å²) in [6.45, 7) is 8.94. The molecule has 2 aromatic carbocycles. The number of amides is 3. The number of para-hydroxylation sites is 1. The van der Waals surface area contributed by atoms with E-state index in [4.69, 9.17) is 4.74 Å². The monoisotopic (exact) mass is 463 g/mol. The predicted octanol–water partition coefficient (Wildman–Crippen LogP) is 5.22. The molecule has 3 amide bonds. The lowest BCUT2D eigenvalue weighted by Gasteiger charge is -2.27. The van der Waals surface area contributed by atoms with E-state index >= 15 is 0 Å². The van der Waals surface area contributed by atoms with Crippen LogP contribution in [0.1, 0.15) is 51.7 Å². The van der Waals surface area contributed by atoms with Crippen LogP contribution in [0.25, 0.3) is 6.08 Å². The Bertz CT molecular complexity index is 1050. The van der Waals surface area contributed by atoms with E-state index in [1.807, 2.05) is 76.2 Å². The molecule has 1 aliphatic heterocycles. The minimum atomic E-state index is -0.578. The Morgan fingerprint density at radius 2 is 1.82 bits per heavy atom. The minimum absolute atomic E-state index is 0.148. The SMILES string of the molecule is CCN(Cc1ccccc1NC(=O)C=Cc1ccc(N2CCCC2=O)cc1)C(=O)OC(C)(C)C. The van der Waals surface area contributed by atoms with Crippen molar-refractivity contribution >= 4 is 35.4 Å². The smallest absolute Gasteiger partial charge is 0.410 e. The van der Waals surface area contributed by atoms with Crippen molar-refractivity contribution in [3.05, 3.63) is 65.7 Å². The fourth-order valence-electron chi connectivity index (χ4n) is 3.65. The van der Waals surface area contributed by atoms with Gasteiger partial charge in [0.1, 0.15) is 5.60 Å². The normalized spacial score (nSPS) is 13.9. The molecular formula is C27H33N3O4. The van der Waals surface area contributed by atoms with E-state index in [0.29, 0.717) is 25.2 Å². The average molecular weight is 464 g/mol. The van der Waals surface area contributed by atoms with Gasteiger partial charge in [-0.1, -0.05) is 30.3 Å². The molecule has 1 N–H and O–H groups in total. The van der Waals surface area contributed by atoms with Gasteiger partial charge in [-0.05, 0) is 69.5 Å². The van der Waals surface area contributed by atoms with Crippen molar-refractivity contribution in [1.29, 1.82) is 0 Å². The Morgan fingerprint density at radius 3 is 2.44 bits per heavy atom. The number of carbonyl (C=O) groups excluding carboxylic acids is 3. The number of hydrogen-bond donors (Lipinski definition) is 1. The third kappa shape index (κ3) is 6.94. The molecule has 0 unspecified atom stereocenters. The lowest BCUT2D eigenvalue weighted by atomic mass is 10.1. The predicted molar refractivity (Wildman–Crippen MR) is 134 cm³/mol. The maximum Gasteiger partial charge on any atom is 0.410 e. The van der Waals surface area contributed by atoms with E-state index < -0.39 is 11.7 Å². The Labute approximate surface area is 201 Å². The Kier molecular flexibility index (Phi) is 8.10. The fraction of sp³-hybridized carbons (Fsp3) is 0.370. The Morgan fingerprint density at radius 1 is 1.12 bits per heavy atom. The zero-order chi connectivity index (χ0) is 24.7. The highest BCUT2D eigenvalue weighted by Gasteiger charge is 2.22. The third-order valence-corrected chi connectivity index (χ3v) is 5.38. The highest BCUT2D eigenvalue weighted by Crippen LogP contribution is 2.22. The number of carbonyl (C=O) groups is 3. The lowest BCUT2D eigenvalue weighted by Crippen LogP contribution is -2.36. The van der Waals surface area contributed by atoms with Crippen LogP contribution < -0.4 is 10.2 Å². The van der Waals surface area contributed by atoms with Crippen molar-refractivity contribution in [1.82, 2.24) is 4.90 Å². The lowest BCUT2D eigenvalue weighted by molar-refractivity contribution is -0.117. The van der Waals surface area contributed by atoms with E-state index in [-0.39, 0.29) is 11.8 Å². The number of hydrogen-bond acceptors (Lipinski definition) is 4. The second-order valence-corrected chi connectivity index (χ2v) is 9.21. The molecule has 7 heteroatoms. The van der Waals surface area contributed by atoms with Gasteiger partial charge in [-0.2, -0.15) is 0 Å². The Hall–Kier alpha value is -3.61. The summed E-state index contributed by atoms with van der Waals surface area (Å²) in [7, 11) is 0. The molecule has 0 radical (unpaired) electrons. The van der Waals surface area contributed by atoms with Crippen LogP contribution in [0.4, 0.5) is 16.2 Å². The first kappa shape index (κ1) is 25.0. The zero-order valence-corrected chi connectivity index (χ0v) is 20.3. The van der Waals surface area contributed by atoms with Gasteiger partial charge in [-0.3, -0.25) is 9.59 Å². The van der Waals surface area contributed by atoms with Gasteiger partial charge in [0.15, 0.2) is 0 Å². The molecule has 1 fully saturated rings. The molecule has 0 aromatic heterocycles. The molecule has 0 atom stereocenters. The van der Waals surface area contributed by atoms with Gasteiger partial charge in [0, 0.05) is 37.0 Å². The van der Waals surface area contributed by atoms with Crippen LogP contribution >= 0.6 is 0 Å². The van der Waals surface area contributed by atoms with E-state index in [2.05, 4.69) is 5.32 Å². The molecular weight excluding hydrogens is 430 g/mol. The van der Waals surface area contributed by atoms with Gasteiger partial charge in [-0.15, -0.1) is 0 Å². The van der Waals surface area contributed by atoms with Crippen molar-refractivity contribution in [2.75, 3.05) is 23.3 Å². The molecule has 0 spiro atoms. The highest BCUT2D eigenvalue weighted by atomic mass is 16.6. The maximum atomic E-state index is 12.6. The summed E-state index contributed by atoms with van der Waals surface area (Å²) in [6, 6.07) is 15.0. The number of benzene rings is 2. The van der Waals surface area contributed by atoms with Crippen LogP contribution in [0.2, 0.25) is 0 Å². The van der Waals surface area contributed by atoms with Crippen LogP contribution in [-0.2, 0) is 20.9 Å². The molecule has 2 aromatic rings. The second kappa shape index (κ2) is 11.0. The van der Waals surface area contributed by atoms with Gasteiger partial charge in [-0.25, -0.2) is 4.79 Å². The maximum absolute atomic E-state index is 12.6. The number of anilines is 2. The van der Waals surface area contributed by atoms with Crippen molar-refractivity contribution in [3.8, 4) is 0 Å². The molecule has 0 bridgehead atoms. The zero-order valence-electron chi connectivity index (χ0n) is 20.3. The van der Waals surface area contributed by atoms with Crippen molar-refractivity contribution < 1.29 is 19.1 Å². The minimum Gasteiger partial charge on any atom is -0.444 e. The quantitative estimate of drug-likeness (QED) is 0.571. The summed E-state index contributed by atoms with van der Waals surface area (Å²) in [5, 5.41) is 2.90. The van der Waals surface area contributed by atoms with E-state index in [1.54, 1.807) is 15.9 Å². The number of ether oxygens (including phenoxy) is 1. The summed E-state index contributed by atoms with van der Waals surface area (Å²) in [5.74, 6) is -0.124. The fourth-order valence-corrected chi connectivity index (χ4v) is 3.65. The summed E-state index contributed by atoms with van der Waals surface area (Å²) in [4.78, 5) is 40.3. The number of nitrogens with zero attached hydrogens (tertiary/aromatic N) is 2. The molecule has 34 heavy (non-hydrogen) atoms. The van der Waals surface area contributed by atoms with Crippen molar-refractivity contribution in [2.45, 2.75) is 52.7 Å². The van der Waals surface area contributed by atoms with Gasteiger partial charge in [0.05, 0.1) is 6.54 Å². The topological polar surface area (TPSA) is 79.0 Å². The highest BCUT2D eigenvalue weighted by molar-refractivity contribution is 6.02. The standard InChI is InChI=1S/C27H33N3O4/c1-5-29(26(33)34-27(2,3)4)19-21-9-6-7-10-23(21)28-24(31)17-14-20-12-15-22(16-13-20)30-18-8-11-25(30)32/h6-7,9-10,12-17H,5,8,11,18-19H2,1-4H3,(H,28,31). The van der Waals surface area contributed by atoms with Gasteiger partial charge in [0.25, 0.3) is 0 Å². The first-order valence-corrected chi connectivity index (χ1v) is 11.6. The van der Waals surface area contributed by atoms with E-state index in [1.165, 1.54) is 6.08 Å². The first-order chi connectivity index (χ1) is 16.2. The van der Waals surface area contributed by atoms with Gasteiger partial charge < -0.3 is 19.9 Å². The Balaban J connectivity index is 1.63. The van der Waals surface area contributed by atoms with Crippen LogP contribution in [0.15, 0.2) is 54.6 Å². The van der Waals surface area contributed by atoms with Gasteiger partial charge >= 0.3 is 6.09 Å². The molecule has 1 heterocycles.